The first kappa shape index (κ1) is 7.49. The molecule has 1 aliphatic heterocycles. The summed E-state index contributed by atoms with van der Waals surface area (Å²) in [5, 5.41) is 11.2. The Bertz CT molecular complexity index is 141. The third-order valence-corrected chi connectivity index (χ3v) is 1.90. The number of halogens is 1. The molecule has 1 saturated heterocycles. The maximum absolute atomic E-state index is 12.8. The lowest BCUT2D eigenvalue weighted by molar-refractivity contribution is 0.183. The summed E-state index contributed by atoms with van der Waals surface area (Å²) < 4.78 is 12.8. The summed E-state index contributed by atoms with van der Waals surface area (Å²) in [7, 11) is 0. The minimum atomic E-state index is -0.812. The Labute approximate surface area is 60.0 Å². The van der Waals surface area contributed by atoms with Gasteiger partial charge in [-0.2, -0.15) is 5.26 Å². The van der Waals surface area contributed by atoms with E-state index in [4.69, 9.17) is 5.26 Å². The maximum atomic E-state index is 12.8. The minimum Gasteiger partial charge on any atom is -0.314 e. The molecule has 2 nitrogen and oxygen atoms in total. The topological polar surface area (TPSA) is 35.8 Å². The second-order valence-electron chi connectivity index (χ2n) is 2.63. The van der Waals surface area contributed by atoms with Crippen LogP contribution in [0.25, 0.3) is 0 Å². The van der Waals surface area contributed by atoms with Crippen LogP contribution in [0.15, 0.2) is 0 Å². The minimum absolute atomic E-state index is 0.0220. The van der Waals surface area contributed by atoms with Crippen molar-refractivity contribution < 1.29 is 4.39 Å². The summed E-state index contributed by atoms with van der Waals surface area (Å²) in [6, 6.07) is 2.00. The Morgan fingerprint density at radius 2 is 2.50 bits per heavy atom. The van der Waals surface area contributed by atoms with Gasteiger partial charge in [0.2, 0.25) is 0 Å². The van der Waals surface area contributed by atoms with E-state index in [0.717, 1.165) is 13.0 Å². The van der Waals surface area contributed by atoms with Crippen molar-refractivity contribution in [3.05, 3.63) is 0 Å². The molecule has 0 aliphatic carbocycles. The quantitative estimate of drug-likeness (QED) is 0.589. The fourth-order valence-electron chi connectivity index (χ4n) is 1.22. The summed E-state index contributed by atoms with van der Waals surface area (Å²) in [6.45, 7) is 1.28. The summed E-state index contributed by atoms with van der Waals surface area (Å²) in [4.78, 5) is 0. The zero-order valence-electron chi connectivity index (χ0n) is 5.81. The van der Waals surface area contributed by atoms with Crippen LogP contribution in [-0.4, -0.2) is 19.3 Å². The van der Waals surface area contributed by atoms with E-state index in [1.54, 1.807) is 0 Å². The normalized spacial score (nSPS) is 33.2. The van der Waals surface area contributed by atoms with Crippen molar-refractivity contribution in [1.29, 1.82) is 5.26 Å². The molecule has 0 amide bonds. The lowest BCUT2D eigenvalue weighted by Crippen LogP contribution is -2.37. The summed E-state index contributed by atoms with van der Waals surface area (Å²) in [5.41, 5.74) is 0. The first-order valence-electron chi connectivity index (χ1n) is 3.56. The number of rotatable bonds is 1. The lowest BCUT2D eigenvalue weighted by Gasteiger charge is -2.24. The second kappa shape index (κ2) is 3.52. The van der Waals surface area contributed by atoms with E-state index >= 15 is 0 Å². The lowest BCUT2D eigenvalue weighted by atomic mass is 9.94. The molecule has 1 fully saturated rings. The summed E-state index contributed by atoms with van der Waals surface area (Å²) >= 11 is 0. The van der Waals surface area contributed by atoms with E-state index in [-0.39, 0.29) is 5.92 Å². The number of nitrogens with one attached hydrogen (secondary N) is 1. The van der Waals surface area contributed by atoms with Gasteiger partial charge < -0.3 is 5.32 Å². The molecule has 0 aromatic rings. The van der Waals surface area contributed by atoms with E-state index in [2.05, 4.69) is 5.32 Å². The molecule has 1 aliphatic rings. The van der Waals surface area contributed by atoms with E-state index in [9.17, 15) is 4.39 Å². The van der Waals surface area contributed by atoms with Crippen molar-refractivity contribution in [2.24, 2.45) is 5.92 Å². The Balaban J connectivity index is 2.34. The van der Waals surface area contributed by atoms with Gasteiger partial charge in [-0.05, 0) is 13.0 Å². The van der Waals surface area contributed by atoms with Gasteiger partial charge in [-0.25, -0.2) is 4.39 Å². The van der Waals surface area contributed by atoms with Crippen molar-refractivity contribution in [3.8, 4) is 6.07 Å². The van der Waals surface area contributed by atoms with Gasteiger partial charge in [-0.15, -0.1) is 0 Å². The van der Waals surface area contributed by atoms with E-state index < -0.39 is 6.17 Å². The molecule has 3 heteroatoms. The van der Waals surface area contributed by atoms with Crippen molar-refractivity contribution in [2.75, 3.05) is 13.1 Å². The molecule has 2 atom stereocenters. The highest BCUT2D eigenvalue weighted by Gasteiger charge is 2.23. The molecule has 1 heterocycles. The first-order chi connectivity index (χ1) is 4.84. The van der Waals surface area contributed by atoms with Crippen LogP contribution in [0.3, 0.4) is 0 Å². The Kier molecular flexibility index (Phi) is 2.64. The smallest absolute Gasteiger partial charge is 0.116 e. The Morgan fingerprint density at radius 3 is 3.10 bits per heavy atom. The predicted molar refractivity (Wildman–Crippen MR) is 36.1 cm³/mol. The van der Waals surface area contributed by atoms with Crippen molar-refractivity contribution in [2.45, 2.75) is 19.0 Å². The van der Waals surface area contributed by atoms with Crippen LogP contribution in [-0.2, 0) is 0 Å². The third kappa shape index (κ3) is 1.68. The molecule has 0 spiro atoms. The summed E-state index contributed by atoms with van der Waals surface area (Å²) in [6.07, 6.45) is 0.353. The zero-order valence-corrected chi connectivity index (χ0v) is 5.81. The van der Waals surface area contributed by atoms with E-state index in [1.807, 2.05) is 6.07 Å². The number of nitriles is 1. The monoisotopic (exact) mass is 142 g/mol. The molecule has 0 bridgehead atoms. The number of piperidine rings is 1. The molecular weight excluding hydrogens is 131 g/mol. The molecule has 0 aromatic carbocycles. The average Bonchev–Trinajstić information content (AvgIpc) is 1.94. The largest absolute Gasteiger partial charge is 0.314 e. The van der Waals surface area contributed by atoms with Crippen LogP contribution in [0.5, 0.6) is 0 Å². The van der Waals surface area contributed by atoms with E-state index in [1.165, 1.54) is 0 Å². The Hall–Kier alpha value is -0.620. The second-order valence-corrected chi connectivity index (χ2v) is 2.63. The van der Waals surface area contributed by atoms with Crippen LogP contribution in [0.2, 0.25) is 0 Å². The van der Waals surface area contributed by atoms with Gasteiger partial charge in [0.15, 0.2) is 0 Å². The fraction of sp³-hybridized carbons (Fsp3) is 0.857. The maximum Gasteiger partial charge on any atom is 0.116 e. The first-order valence-corrected chi connectivity index (χ1v) is 3.56. The molecule has 56 valence electrons. The number of nitrogens with zero attached hydrogens (tertiary/aromatic N) is 1. The van der Waals surface area contributed by atoms with E-state index in [0.29, 0.717) is 13.0 Å². The van der Waals surface area contributed by atoms with Crippen LogP contribution in [0, 0.1) is 17.2 Å². The predicted octanol–water partition coefficient (Wildman–Crippen LogP) is 0.848. The van der Waals surface area contributed by atoms with Crippen molar-refractivity contribution >= 4 is 0 Å². The molecular formula is C7H11FN2. The number of hydrogen-bond donors (Lipinski definition) is 1. The molecule has 0 aromatic heterocycles. The highest BCUT2D eigenvalue weighted by atomic mass is 19.1. The SMILES string of the molecule is N#CC[C@@H]1CCNC[C@H]1F. The fourth-order valence-corrected chi connectivity index (χ4v) is 1.22. The molecule has 10 heavy (non-hydrogen) atoms. The van der Waals surface area contributed by atoms with Gasteiger partial charge in [0.05, 0.1) is 6.07 Å². The molecule has 0 saturated carbocycles. The van der Waals surface area contributed by atoms with Gasteiger partial charge in [-0.1, -0.05) is 0 Å². The van der Waals surface area contributed by atoms with Crippen LogP contribution in [0.4, 0.5) is 4.39 Å². The summed E-state index contributed by atoms with van der Waals surface area (Å²) in [5.74, 6) is -0.0220. The highest BCUT2D eigenvalue weighted by Crippen LogP contribution is 2.18. The van der Waals surface area contributed by atoms with Gasteiger partial charge in [0.25, 0.3) is 0 Å². The van der Waals surface area contributed by atoms with Gasteiger partial charge in [0, 0.05) is 18.9 Å². The standard InChI is InChI=1S/C7H11FN2/c8-7-5-10-4-2-6(7)1-3-9/h6-7,10H,1-2,4-5H2/t6-,7-/m1/s1. The third-order valence-electron chi connectivity index (χ3n) is 1.90. The molecule has 0 radical (unpaired) electrons. The van der Waals surface area contributed by atoms with Crippen LogP contribution < -0.4 is 5.32 Å². The Morgan fingerprint density at radius 1 is 1.70 bits per heavy atom. The molecule has 1 N–H and O–H groups in total. The van der Waals surface area contributed by atoms with Gasteiger partial charge in [-0.3, -0.25) is 0 Å². The van der Waals surface area contributed by atoms with Crippen molar-refractivity contribution in [1.82, 2.24) is 5.32 Å². The average molecular weight is 142 g/mol. The number of hydrogen-bond acceptors (Lipinski definition) is 2. The van der Waals surface area contributed by atoms with Gasteiger partial charge in [0.1, 0.15) is 6.17 Å². The zero-order chi connectivity index (χ0) is 7.40. The van der Waals surface area contributed by atoms with Gasteiger partial charge >= 0.3 is 0 Å². The molecule has 1 rings (SSSR count). The highest BCUT2D eigenvalue weighted by molar-refractivity contribution is 4.84. The van der Waals surface area contributed by atoms with Crippen LogP contribution >= 0.6 is 0 Å². The number of alkyl halides is 1. The molecule has 0 unspecified atom stereocenters. The van der Waals surface area contributed by atoms with Crippen molar-refractivity contribution in [3.63, 3.8) is 0 Å². The van der Waals surface area contributed by atoms with Crippen LogP contribution in [0.1, 0.15) is 12.8 Å².